The van der Waals surface area contributed by atoms with E-state index >= 15 is 0 Å². The zero-order chi connectivity index (χ0) is 13.3. The molecule has 0 aliphatic carbocycles. The van der Waals surface area contributed by atoms with Crippen molar-refractivity contribution in [3.8, 4) is 0 Å². The van der Waals surface area contributed by atoms with E-state index in [1.165, 1.54) is 6.42 Å². The van der Waals surface area contributed by atoms with Gasteiger partial charge in [-0.25, -0.2) is 9.97 Å². The Kier molecular flexibility index (Phi) is 3.57. The second-order valence-corrected chi connectivity index (χ2v) is 6.22. The first-order valence-electron chi connectivity index (χ1n) is 6.60. The molecule has 4 nitrogen and oxygen atoms in total. The van der Waals surface area contributed by atoms with Crippen LogP contribution in [0, 0.1) is 18.3 Å². The van der Waals surface area contributed by atoms with Crippen molar-refractivity contribution >= 4 is 5.82 Å². The van der Waals surface area contributed by atoms with Gasteiger partial charge in [0, 0.05) is 24.8 Å². The van der Waals surface area contributed by atoms with Gasteiger partial charge in [-0.05, 0) is 24.7 Å². The maximum atomic E-state index is 9.39. The van der Waals surface area contributed by atoms with Crippen LogP contribution >= 0.6 is 0 Å². The van der Waals surface area contributed by atoms with E-state index in [2.05, 4.69) is 35.6 Å². The number of rotatable bonds is 2. The highest BCUT2D eigenvalue weighted by Gasteiger charge is 2.33. The highest BCUT2D eigenvalue weighted by atomic mass is 16.3. The van der Waals surface area contributed by atoms with Crippen LogP contribution in [0.4, 0.5) is 5.82 Å². The molecule has 1 aromatic heterocycles. The lowest BCUT2D eigenvalue weighted by atomic mass is 9.80. The summed E-state index contributed by atoms with van der Waals surface area (Å²) in [6.07, 6.45) is 2.93. The van der Waals surface area contributed by atoms with Gasteiger partial charge in [-0.1, -0.05) is 20.8 Å². The molecule has 1 aromatic rings. The Labute approximate surface area is 109 Å². The summed E-state index contributed by atoms with van der Waals surface area (Å²) in [5, 5.41) is 9.39. The fraction of sp³-hybridized carbons (Fsp3) is 0.714. The van der Waals surface area contributed by atoms with Crippen LogP contribution < -0.4 is 4.90 Å². The summed E-state index contributed by atoms with van der Waals surface area (Å²) < 4.78 is 0. The van der Waals surface area contributed by atoms with Crippen LogP contribution in [0.25, 0.3) is 0 Å². The lowest BCUT2D eigenvalue weighted by Crippen LogP contribution is -2.27. The molecule has 18 heavy (non-hydrogen) atoms. The molecule has 1 atom stereocenters. The second-order valence-electron chi connectivity index (χ2n) is 6.22. The minimum absolute atomic E-state index is 0.00625. The number of nitrogens with zero attached hydrogens (tertiary/aromatic N) is 3. The lowest BCUT2D eigenvalue weighted by Gasteiger charge is -2.27. The minimum Gasteiger partial charge on any atom is -0.391 e. The van der Waals surface area contributed by atoms with E-state index in [4.69, 9.17) is 0 Å². The fourth-order valence-corrected chi connectivity index (χ4v) is 2.53. The molecule has 2 rings (SSSR count). The van der Waals surface area contributed by atoms with Gasteiger partial charge in [0.15, 0.2) is 0 Å². The molecule has 0 spiro atoms. The molecular weight excluding hydrogens is 226 g/mol. The monoisotopic (exact) mass is 249 g/mol. The van der Waals surface area contributed by atoms with Crippen molar-refractivity contribution in [2.75, 3.05) is 18.0 Å². The summed E-state index contributed by atoms with van der Waals surface area (Å²) in [6, 6.07) is 0. The van der Waals surface area contributed by atoms with Crippen molar-refractivity contribution in [1.29, 1.82) is 0 Å². The van der Waals surface area contributed by atoms with Crippen molar-refractivity contribution < 1.29 is 5.11 Å². The summed E-state index contributed by atoms with van der Waals surface area (Å²) in [7, 11) is 0. The number of aromatic nitrogens is 2. The Morgan fingerprint density at radius 1 is 1.44 bits per heavy atom. The molecular formula is C14H23N3O. The van der Waals surface area contributed by atoms with Crippen LogP contribution in [0.3, 0.4) is 0 Å². The molecule has 1 unspecified atom stereocenters. The first-order chi connectivity index (χ1) is 8.41. The highest BCUT2D eigenvalue weighted by molar-refractivity contribution is 5.46. The summed E-state index contributed by atoms with van der Waals surface area (Å²) in [4.78, 5) is 10.9. The summed E-state index contributed by atoms with van der Waals surface area (Å²) in [5.41, 5.74) is 1.16. The average molecular weight is 249 g/mol. The van der Waals surface area contributed by atoms with E-state index < -0.39 is 0 Å². The predicted molar refractivity (Wildman–Crippen MR) is 72.5 cm³/mol. The molecule has 1 N–H and O–H groups in total. The topological polar surface area (TPSA) is 49.3 Å². The fourth-order valence-electron chi connectivity index (χ4n) is 2.53. The maximum Gasteiger partial charge on any atom is 0.137 e. The molecule has 0 amide bonds. The molecule has 4 heteroatoms. The van der Waals surface area contributed by atoms with Gasteiger partial charge in [0.05, 0.1) is 6.61 Å². The van der Waals surface area contributed by atoms with Crippen molar-refractivity contribution in [2.24, 2.45) is 11.3 Å². The van der Waals surface area contributed by atoms with E-state index in [-0.39, 0.29) is 6.61 Å². The van der Waals surface area contributed by atoms with Crippen LogP contribution in [0.5, 0.6) is 0 Å². The van der Waals surface area contributed by atoms with E-state index in [0.29, 0.717) is 11.3 Å². The van der Waals surface area contributed by atoms with Gasteiger partial charge in [-0.15, -0.1) is 0 Å². The van der Waals surface area contributed by atoms with Crippen LogP contribution in [-0.2, 0) is 6.61 Å². The van der Waals surface area contributed by atoms with E-state index in [0.717, 1.165) is 30.3 Å². The smallest absolute Gasteiger partial charge is 0.137 e. The van der Waals surface area contributed by atoms with Gasteiger partial charge < -0.3 is 10.0 Å². The number of hydrogen-bond acceptors (Lipinski definition) is 4. The largest absolute Gasteiger partial charge is 0.391 e. The average Bonchev–Trinajstić information content (AvgIpc) is 2.77. The summed E-state index contributed by atoms with van der Waals surface area (Å²) in [6.45, 7) is 10.8. The predicted octanol–water partition coefficient (Wildman–Crippen LogP) is 2.15. The van der Waals surface area contributed by atoms with E-state index in [9.17, 15) is 5.11 Å². The third-order valence-corrected chi connectivity index (χ3v) is 3.85. The Balaban J connectivity index is 2.21. The number of anilines is 1. The number of aryl methyl sites for hydroxylation is 1. The zero-order valence-corrected chi connectivity index (χ0v) is 11.8. The van der Waals surface area contributed by atoms with Crippen LogP contribution in [0.2, 0.25) is 0 Å². The third-order valence-electron chi connectivity index (χ3n) is 3.85. The molecule has 1 aliphatic rings. The second kappa shape index (κ2) is 4.84. The third kappa shape index (κ3) is 2.64. The standard InChI is InChI=1S/C14H23N3O/c1-10-15-7-11(9-18)13(16-10)17-6-5-12(8-17)14(2,3)4/h7,12,18H,5-6,8-9H2,1-4H3. The molecule has 0 aromatic carbocycles. The lowest BCUT2D eigenvalue weighted by molar-refractivity contribution is 0.263. The summed E-state index contributed by atoms with van der Waals surface area (Å²) in [5.74, 6) is 2.36. The maximum absolute atomic E-state index is 9.39. The first-order valence-corrected chi connectivity index (χ1v) is 6.60. The van der Waals surface area contributed by atoms with Gasteiger partial charge in [0.2, 0.25) is 0 Å². The highest BCUT2D eigenvalue weighted by Crippen LogP contribution is 2.35. The van der Waals surface area contributed by atoms with Gasteiger partial charge in [-0.3, -0.25) is 0 Å². The van der Waals surface area contributed by atoms with Crippen molar-refractivity contribution in [3.63, 3.8) is 0 Å². The van der Waals surface area contributed by atoms with Gasteiger partial charge >= 0.3 is 0 Å². The Morgan fingerprint density at radius 2 is 2.17 bits per heavy atom. The molecule has 1 saturated heterocycles. The van der Waals surface area contributed by atoms with E-state index in [1.54, 1.807) is 6.20 Å². The Morgan fingerprint density at radius 3 is 2.72 bits per heavy atom. The normalized spacial score (nSPS) is 20.5. The van der Waals surface area contributed by atoms with Crippen LogP contribution in [0.15, 0.2) is 6.20 Å². The molecule has 0 bridgehead atoms. The number of aliphatic hydroxyl groups is 1. The Bertz CT molecular complexity index is 426. The SMILES string of the molecule is Cc1ncc(CO)c(N2CCC(C(C)(C)C)C2)n1. The number of aliphatic hydroxyl groups excluding tert-OH is 1. The Hall–Kier alpha value is -1.16. The number of hydrogen-bond donors (Lipinski definition) is 1. The first kappa shape index (κ1) is 13.3. The zero-order valence-electron chi connectivity index (χ0n) is 11.8. The van der Waals surface area contributed by atoms with Gasteiger partial charge in [0.25, 0.3) is 0 Å². The molecule has 0 saturated carbocycles. The molecule has 1 fully saturated rings. The quantitative estimate of drug-likeness (QED) is 0.872. The molecule has 0 radical (unpaired) electrons. The van der Waals surface area contributed by atoms with Crippen molar-refractivity contribution in [2.45, 2.75) is 40.7 Å². The van der Waals surface area contributed by atoms with E-state index in [1.807, 2.05) is 6.92 Å². The van der Waals surface area contributed by atoms with Gasteiger partial charge in [-0.2, -0.15) is 0 Å². The van der Waals surface area contributed by atoms with Crippen molar-refractivity contribution in [3.05, 3.63) is 17.6 Å². The minimum atomic E-state index is 0.00625. The van der Waals surface area contributed by atoms with Crippen LogP contribution in [-0.4, -0.2) is 28.2 Å². The van der Waals surface area contributed by atoms with Crippen molar-refractivity contribution in [1.82, 2.24) is 9.97 Å². The molecule has 1 aliphatic heterocycles. The van der Waals surface area contributed by atoms with Crippen LogP contribution in [0.1, 0.15) is 38.6 Å². The van der Waals surface area contributed by atoms with Gasteiger partial charge in [0.1, 0.15) is 11.6 Å². The summed E-state index contributed by atoms with van der Waals surface area (Å²) >= 11 is 0. The molecule has 2 heterocycles. The molecule has 100 valence electrons.